The van der Waals surface area contributed by atoms with Crippen molar-refractivity contribution in [3.63, 3.8) is 0 Å². The first-order valence-electron chi connectivity index (χ1n) is 6.34. The van der Waals surface area contributed by atoms with E-state index in [2.05, 4.69) is 9.73 Å². The predicted octanol–water partition coefficient (Wildman–Crippen LogP) is 1.63. The molecule has 0 aliphatic carbocycles. The van der Waals surface area contributed by atoms with Crippen molar-refractivity contribution in [2.75, 3.05) is 20.2 Å². The molecule has 0 radical (unpaired) electrons. The maximum atomic E-state index is 11.3. The number of hydrogen-bond donors (Lipinski definition) is 1. The maximum Gasteiger partial charge on any atom is 0.337 e. The van der Waals surface area contributed by atoms with E-state index in [1.807, 2.05) is 30.9 Å². The van der Waals surface area contributed by atoms with Crippen LogP contribution in [0.3, 0.4) is 0 Å². The van der Waals surface area contributed by atoms with Crippen LogP contribution in [0.1, 0.15) is 29.8 Å². The molecule has 2 N–H and O–H groups in total. The number of hydrogen-bond acceptors (Lipinski definition) is 3. The molecule has 0 aliphatic heterocycles. The van der Waals surface area contributed by atoms with E-state index in [0.29, 0.717) is 18.1 Å². The number of guanidine groups is 1. The molecule has 19 heavy (non-hydrogen) atoms. The Balaban J connectivity index is 2.68. The van der Waals surface area contributed by atoms with Gasteiger partial charge in [-0.25, -0.2) is 9.79 Å². The lowest BCUT2D eigenvalue weighted by molar-refractivity contribution is 0.0600. The Morgan fingerprint density at radius 1 is 1.26 bits per heavy atom. The van der Waals surface area contributed by atoms with Gasteiger partial charge in [0, 0.05) is 13.1 Å². The Morgan fingerprint density at radius 2 is 1.84 bits per heavy atom. The smallest absolute Gasteiger partial charge is 0.337 e. The monoisotopic (exact) mass is 263 g/mol. The Kier molecular flexibility index (Phi) is 5.85. The molecule has 0 amide bonds. The van der Waals surface area contributed by atoms with Gasteiger partial charge in [0.25, 0.3) is 0 Å². The first-order chi connectivity index (χ1) is 9.12. The highest BCUT2D eigenvalue weighted by Crippen LogP contribution is 2.07. The van der Waals surface area contributed by atoms with Gasteiger partial charge in [0.15, 0.2) is 5.96 Å². The third kappa shape index (κ3) is 4.28. The van der Waals surface area contributed by atoms with E-state index in [4.69, 9.17) is 5.73 Å². The second-order valence-corrected chi connectivity index (χ2v) is 4.04. The van der Waals surface area contributed by atoms with Gasteiger partial charge in [0.05, 0.1) is 19.2 Å². The molecule has 5 heteroatoms. The molecule has 0 heterocycles. The van der Waals surface area contributed by atoms with Crippen molar-refractivity contribution in [3.05, 3.63) is 35.4 Å². The van der Waals surface area contributed by atoms with Crippen LogP contribution in [0.25, 0.3) is 0 Å². The van der Waals surface area contributed by atoms with Crippen LogP contribution < -0.4 is 5.73 Å². The second-order valence-electron chi connectivity index (χ2n) is 4.04. The highest BCUT2D eigenvalue weighted by Gasteiger charge is 2.05. The van der Waals surface area contributed by atoms with E-state index in [1.165, 1.54) is 7.11 Å². The first-order valence-corrected chi connectivity index (χ1v) is 6.34. The van der Waals surface area contributed by atoms with Crippen LogP contribution in [-0.2, 0) is 11.3 Å². The van der Waals surface area contributed by atoms with Crippen LogP contribution in [0.2, 0.25) is 0 Å². The molecule has 0 atom stereocenters. The van der Waals surface area contributed by atoms with Gasteiger partial charge < -0.3 is 15.4 Å². The standard InChI is InChI=1S/C14H21N3O2/c1-4-17(5-2)14(15)16-10-11-6-8-12(9-7-11)13(18)19-3/h6-9H,4-5,10H2,1-3H3,(H2,15,16). The number of rotatable bonds is 5. The molecule has 0 bridgehead atoms. The molecule has 0 aliphatic rings. The first kappa shape index (κ1) is 15.0. The van der Waals surface area contributed by atoms with Crippen LogP contribution in [-0.4, -0.2) is 37.0 Å². The number of methoxy groups -OCH3 is 1. The van der Waals surface area contributed by atoms with E-state index in [0.717, 1.165) is 18.7 Å². The quantitative estimate of drug-likeness (QED) is 0.498. The minimum atomic E-state index is -0.335. The fraction of sp³-hybridized carbons (Fsp3) is 0.429. The fourth-order valence-electron chi connectivity index (χ4n) is 1.68. The number of ether oxygens (including phenoxy) is 1. The molecule has 1 aromatic rings. The third-order valence-electron chi connectivity index (χ3n) is 2.89. The van der Waals surface area contributed by atoms with Crippen molar-refractivity contribution in [1.82, 2.24) is 4.90 Å². The van der Waals surface area contributed by atoms with Crippen molar-refractivity contribution in [2.24, 2.45) is 10.7 Å². The maximum absolute atomic E-state index is 11.3. The molecule has 0 saturated heterocycles. The normalized spacial score (nSPS) is 11.2. The largest absolute Gasteiger partial charge is 0.465 e. The van der Waals surface area contributed by atoms with Crippen molar-refractivity contribution in [1.29, 1.82) is 0 Å². The fourth-order valence-corrected chi connectivity index (χ4v) is 1.68. The Hall–Kier alpha value is -2.04. The van der Waals surface area contributed by atoms with E-state index < -0.39 is 0 Å². The van der Waals surface area contributed by atoms with Crippen LogP contribution in [0.5, 0.6) is 0 Å². The topological polar surface area (TPSA) is 67.9 Å². The highest BCUT2D eigenvalue weighted by molar-refractivity contribution is 5.89. The van der Waals surface area contributed by atoms with Crippen molar-refractivity contribution < 1.29 is 9.53 Å². The molecule has 1 aromatic carbocycles. The number of nitrogens with two attached hydrogens (primary N) is 1. The Morgan fingerprint density at radius 3 is 2.32 bits per heavy atom. The molecule has 1 rings (SSSR count). The van der Waals surface area contributed by atoms with Crippen molar-refractivity contribution >= 4 is 11.9 Å². The van der Waals surface area contributed by atoms with E-state index >= 15 is 0 Å². The summed E-state index contributed by atoms with van der Waals surface area (Å²) >= 11 is 0. The van der Waals surface area contributed by atoms with E-state index in [-0.39, 0.29) is 5.97 Å². The lowest BCUT2D eigenvalue weighted by atomic mass is 10.1. The molecule has 0 saturated carbocycles. The van der Waals surface area contributed by atoms with Gasteiger partial charge in [-0.2, -0.15) is 0 Å². The number of nitrogens with zero attached hydrogens (tertiary/aromatic N) is 2. The minimum absolute atomic E-state index is 0.335. The Labute approximate surface area is 114 Å². The van der Waals surface area contributed by atoms with Crippen LogP contribution in [0.15, 0.2) is 29.3 Å². The van der Waals surface area contributed by atoms with Crippen molar-refractivity contribution in [2.45, 2.75) is 20.4 Å². The van der Waals surface area contributed by atoms with Gasteiger partial charge in [0.1, 0.15) is 0 Å². The summed E-state index contributed by atoms with van der Waals surface area (Å²) < 4.78 is 4.64. The van der Waals surface area contributed by atoms with Gasteiger partial charge >= 0.3 is 5.97 Å². The SMILES string of the molecule is CCN(CC)C(N)=NCc1ccc(C(=O)OC)cc1. The average Bonchev–Trinajstić information content (AvgIpc) is 2.46. The van der Waals surface area contributed by atoms with Gasteiger partial charge in [-0.05, 0) is 31.5 Å². The number of carbonyl (C=O) groups excluding carboxylic acids is 1. The summed E-state index contributed by atoms with van der Waals surface area (Å²) in [5, 5.41) is 0. The molecule has 0 fully saturated rings. The summed E-state index contributed by atoms with van der Waals surface area (Å²) in [7, 11) is 1.37. The predicted molar refractivity (Wildman–Crippen MR) is 76.0 cm³/mol. The number of esters is 1. The number of aliphatic imine (C=N–C) groups is 1. The lowest BCUT2D eigenvalue weighted by Crippen LogP contribution is -2.37. The summed E-state index contributed by atoms with van der Waals surface area (Å²) in [5.41, 5.74) is 7.43. The van der Waals surface area contributed by atoms with Gasteiger partial charge in [-0.3, -0.25) is 0 Å². The molecule has 0 spiro atoms. The third-order valence-corrected chi connectivity index (χ3v) is 2.89. The molecule has 0 aromatic heterocycles. The summed E-state index contributed by atoms with van der Waals surface area (Å²) in [6.07, 6.45) is 0. The molecule has 5 nitrogen and oxygen atoms in total. The van der Waals surface area contributed by atoms with Crippen LogP contribution >= 0.6 is 0 Å². The van der Waals surface area contributed by atoms with E-state index in [9.17, 15) is 4.79 Å². The van der Waals surface area contributed by atoms with Crippen molar-refractivity contribution in [3.8, 4) is 0 Å². The second kappa shape index (κ2) is 7.41. The zero-order valence-electron chi connectivity index (χ0n) is 11.7. The average molecular weight is 263 g/mol. The minimum Gasteiger partial charge on any atom is -0.465 e. The summed E-state index contributed by atoms with van der Waals surface area (Å²) in [6.45, 7) is 6.26. The van der Waals surface area contributed by atoms with Gasteiger partial charge in [-0.15, -0.1) is 0 Å². The summed E-state index contributed by atoms with van der Waals surface area (Å²) in [5.74, 6) is 0.208. The molecule has 104 valence electrons. The van der Waals surface area contributed by atoms with Crippen LogP contribution in [0, 0.1) is 0 Å². The van der Waals surface area contributed by atoms with Gasteiger partial charge in [0.2, 0.25) is 0 Å². The van der Waals surface area contributed by atoms with Gasteiger partial charge in [-0.1, -0.05) is 12.1 Å². The molecular formula is C14H21N3O2. The summed E-state index contributed by atoms with van der Waals surface area (Å²) in [4.78, 5) is 17.6. The number of carbonyl (C=O) groups is 1. The highest BCUT2D eigenvalue weighted by atomic mass is 16.5. The van der Waals surface area contributed by atoms with E-state index in [1.54, 1.807) is 12.1 Å². The Bertz CT molecular complexity index is 437. The molecule has 0 unspecified atom stereocenters. The lowest BCUT2D eigenvalue weighted by Gasteiger charge is -2.19. The summed E-state index contributed by atoms with van der Waals surface area (Å²) in [6, 6.07) is 7.16. The number of benzene rings is 1. The zero-order chi connectivity index (χ0) is 14.3. The van der Waals surface area contributed by atoms with Crippen LogP contribution in [0.4, 0.5) is 0 Å². The molecular weight excluding hydrogens is 242 g/mol. The zero-order valence-corrected chi connectivity index (χ0v) is 11.7.